The molecule has 4 nitrogen and oxygen atoms in total. The first-order valence-electron chi connectivity index (χ1n) is 6.58. The zero-order valence-electron chi connectivity index (χ0n) is 11.3. The van der Waals surface area contributed by atoms with Crippen molar-refractivity contribution in [1.29, 1.82) is 0 Å². The van der Waals surface area contributed by atoms with E-state index in [0.717, 1.165) is 12.8 Å². The van der Waals surface area contributed by atoms with Crippen molar-refractivity contribution in [3.63, 3.8) is 0 Å². The van der Waals surface area contributed by atoms with Crippen molar-refractivity contribution in [2.24, 2.45) is 17.8 Å². The zero-order chi connectivity index (χ0) is 13.7. The van der Waals surface area contributed by atoms with Gasteiger partial charge < -0.3 is 10.4 Å². The Morgan fingerprint density at radius 3 is 2.39 bits per heavy atom. The largest absolute Gasteiger partial charge is 0.481 e. The number of hydrogen-bond acceptors (Lipinski definition) is 2. The van der Waals surface area contributed by atoms with Gasteiger partial charge in [-0.25, -0.2) is 0 Å². The molecule has 0 spiro atoms. The van der Waals surface area contributed by atoms with Gasteiger partial charge in [0.15, 0.2) is 0 Å². The lowest BCUT2D eigenvalue weighted by Gasteiger charge is -2.30. The number of carboxylic acids is 1. The Kier molecular flexibility index (Phi) is 5.38. The summed E-state index contributed by atoms with van der Waals surface area (Å²) in [6.45, 7) is 5.78. The molecule has 0 aromatic heterocycles. The molecule has 0 radical (unpaired) electrons. The highest BCUT2D eigenvalue weighted by molar-refractivity contribution is 5.73. The maximum Gasteiger partial charge on any atom is 0.310 e. The highest BCUT2D eigenvalue weighted by atomic mass is 16.4. The third-order valence-corrected chi connectivity index (χ3v) is 3.35. The third kappa shape index (κ3) is 4.51. The van der Waals surface area contributed by atoms with Gasteiger partial charge in [0.05, 0.1) is 5.92 Å². The van der Waals surface area contributed by atoms with E-state index in [9.17, 15) is 9.59 Å². The second-order valence-electron chi connectivity index (χ2n) is 5.51. The summed E-state index contributed by atoms with van der Waals surface area (Å²) in [5.41, 5.74) is 0. The van der Waals surface area contributed by atoms with Crippen molar-refractivity contribution < 1.29 is 14.7 Å². The Labute approximate surface area is 108 Å². The van der Waals surface area contributed by atoms with Crippen LogP contribution in [0.3, 0.4) is 0 Å². The Morgan fingerprint density at radius 1 is 1.33 bits per heavy atom. The minimum Gasteiger partial charge on any atom is -0.481 e. The van der Waals surface area contributed by atoms with E-state index in [1.165, 1.54) is 6.92 Å². The summed E-state index contributed by atoms with van der Waals surface area (Å²) in [6.07, 6.45) is 6.14. The lowest BCUT2D eigenvalue weighted by Crippen LogP contribution is -2.40. The van der Waals surface area contributed by atoms with Crippen molar-refractivity contribution in [1.82, 2.24) is 5.32 Å². The maximum absolute atomic E-state index is 11.2. The smallest absolute Gasteiger partial charge is 0.310 e. The van der Waals surface area contributed by atoms with Crippen molar-refractivity contribution in [3.8, 4) is 0 Å². The van der Waals surface area contributed by atoms with Crippen LogP contribution < -0.4 is 5.32 Å². The van der Waals surface area contributed by atoms with Gasteiger partial charge in [-0.1, -0.05) is 26.0 Å². The molecular formula is C14H23NO3. The van der Waals surface area contributed by atoms with Gasteiger partial charge >= 0.3 is 5.97 Å². The normalized spacial score (nSPS) is 24.9. The number of nitrogens with one attached hydrogen (secondary N) is 1. The molecular weight excluding hydrogens is 230 g/mol. The fourth-order valence-corrected chi connectivity index (χ4v) is 2.49. The van der Waals surface area contributed by atoms with Crippen molar-refractivity contribution in [3.05, 3.63) is 12.2 Å². The molecule has 0 fully saturated rings. The summed E-state index contributed by atoms with van der Waals surface area (Å²) in [4.78, 5) is 22.1. The number of amides is 1. The summed E-state index contributed by atoms with van der Waals surface area (Å²) in [5.74, 6) is -0.378. The molecule has 0 heterocycles. The lowest BCUT2D eigenvalue weighted by molar-refractivity contribution is -0.140. The molecule has 0 aliphatic heterocycles. The van der Waals surface area contributed by atoms with Crippen molar-refractivity contribution in [2.45, 2.75) is 46.1 Å². The van der Waals surface area contributed by atoms with E-state index in [4.69, 9.17) is 5.11 Å². The Morgan fingerprint density at radius 2 is 2.00 bits per heavy atom. The van der Waals surface area contributed by atoms with Crippen LogP contribution in [0.4, 0.5) is 0 Å². The first kappa shape index (κ1) is 14.7. The molecule has 18 heavy (non-hydrogen) atoms. The number of carbonyl (C=O) groups is 2. The van der Waals surface area contributed by atoms with Crippen LogP contribution in [-0.2, 0) is 9.59 Å². The van der Waals surface area contributed by atoms with Gasteiger partial charge in [0.25, 0.3) is 0 Å². The minimum atomic E-state index is -0.760. The van der Waals surface area contributed by atoms with E-state index in [1.54, 1.807) is 6.08 Å². The molecule has 0 aromatic carbocycles. The van der Waals surface area contributed by atoms with Gasteiger partial charge in [-0.05, 0) is 31.1 Å². The standard InChI is InChI=1S/C14H23NO3/c1-9(2)8-13(15-10(3)16)11-4-6-12(7-5-11)14(17)18/h4,6,9,11-13H,5,7-8H2,1-3H3,(H,15,16)(H,17,18). The second-order valence-corrected chi connectivity index (χ2v) is 5.51. The van der Waals surface area contributed by atoms with Gasteiger partial charge in [0, 0.05) is 13.0 Å². The number of carboxylic acid groups (broad SMARTS) is 1. The van der Waals surface area contributed by atoms with Crippen LogP contribution in [0.25, 0.3) is 0 Å². The fourth-order valence-electron chi connectivity index (χ4n) is 2.49. The van der Waals surface area contributed by atoms with Crippen molar-refractivity contribution >= 4 is 11.9 Å². The SMILES string of the molecule is CC(=O)NC(CC(C)C)C1C=CC(C(=O)O)CC1. The molecule has 1 amide bonds. The number of carbonyl (C=O) groups excluding carboxylic acids is 1. The van der Waals surface area contributed by atoms with E-state index in [-0.39, 0.29) is 23.8 Å². The Bertz CT molecular complexity index is 336. The van der Waals surface area contributed by atoms with Gasteiger partial charge in [-0.2, -0.15) is 0 Å². The van der Waals surface area contributed by atoms with Gasteiger partial charge in [0.1, 0.15) is 0 Å². The predicted octanol–water partition coefficient (Wildman–Crippen LogP) is 2.20. The van der Waals surface area contributed by atoms with Gasteiger partial charge in [-0.3, -0.25) is 9.59 Å². The van der Waals surface area contributed by atoms with Crippen LogP contribution in [-0.4, -0.2) is 23.0 Å². The third-order valence-electron chi connectivity index (χ3n) is 3.35. The van der Waals surface area contributed by atoms with Gasteiger partial charge in [-0.15, -0.1) is 0 Å². The first-order chi connectivity index (χ1) is 8.40. The van der Waals surface area contributed by atoms with Crippen LogP contribution in [0.5, 0.6) is 0 Å². The molecule has 3 unspecified atom stereocenters. The fraction of sp³-hybridized carbons (Fsp3) is 0.714. The molecule has 4 heteroatoms. The predicted molar refractivity (Wildman–Crippen MR) is 70.0 cm³/mol. The summed E-state index contributed by atoms with van der Waals surface area (Å²) in [6, 6.07) is 0.119. The van der Waals surface area contributed by atoms with Crippen LogP contribution in [0.15, 0.2) is 12.2 Å². The topological polar surface area (TPSA) is 66.4 Å². The van der Waals surface area contributed by atoms with E-state index in [1.807, 2.05) is 6.08 Å². The van der Waals surface area contributed by atoms with E-state index < -0.39 is 5.97 Å². The summed E-state index contributed by atoms with van der Waals surface area (Å²) in [7, 11) is 0. The number of aliphatic carboxylic acids is 1. The summed E-state index contributed by atoms with van der Waals surface area (Å²) in [5, 5.41) is 11.9. The van der Waals surface area contributed by atoms with Crippen LogP contribution >= 0.6 is 0 Å². The summed E-state index contributed by atoms with van der Waals surface area (Å²) >= 11 is 0. The van der Waals surface area contributed by atoms with E-state index in [0.29, 0.717) is 12.3 Å². The van der Waals surface area contributed by atoms with Crippen molar-refractivity contribution in [2.75, 3.05) is 0 Å². The van der Waals surface area contributed by atoms with E-state index >= 15 is 0 Å². The molecule has 1 aliphatic carbocycles. The zero-order valence-corrected chi connectivity index (χ0v) is 11.3. The van der Waals surface area contributed by atoms with Gasteiger partial charge in [0.2, 0.25) is 5.91 Å². The highest BCUT2D eigenvalue weighted by Crippen LogP contribution is 2.27. The highest BCUT2D eigenvalue weighted by Gasteiger charge is 2.27. The van der Waals surface area contributed by atoms with E-state index in [2.05, 4.69) is 19.2 Å². The molecule has 0 aromatic rings. The van der Waals surface area contributed by atoms with Crippen LogP contribution in [0, 0.1) is 17.8 Å². The average Bonchev–Trinajstić information content (AvgIpc) is 2.27. The molecule has 0 saturated heterocycles. The second kappa shape index (κ2) is 6.57. The Hall–Kier alpha value is -1.32. The monoisotopic (exact) mass is 253 g/mol. The first-order valence-corrected chi connectivity index (χ1v) is 6.58. The lowest BCUT2D eigenvalue weighted by atomic mass is 9.81. The van der Waals surface area contributed by atoms with Crippen LogP contribution in [0.2, 0.25) is 0 Å². The molecule has 1 aliphatic rings. The maximum atomic E-state index is 11.2. The number of hydrogen-bond donors (Lipinski definition) is 2. The molecule has 102 valence electrons. The molecule has 1 rings (SSSR count). The average molecular weight is 253 g/mol. The number of rotatable bonds is 5. The molecule has 3 atom stereocenters. The quantitative estimate of drug-likeness (QED) is 0.738. The summed E-state index contributed by atoms with van der Waals surface area (Å²) < 4.78 is 0. The molecule has 0 saturated carbocycles. The minimum absolute atomic E-state index is 0.0191. The van der Waals surface area contributed by atoms with Crippen LogP contribution in [0.1, 0.15) is 40.0 Å². The molecule has 2 N–H and O–H groups in total. The Balaban J connectivity index is 2.66. The molecule has 0 bridgehead atoms.